The van der Waals surface area contributed by atoms with Crippen molar-refractivity contribution in [1.29, 1.82) is 0 Å². The van der Waals surface area contributed by atoms with E-state index in [4.69, 9.17) is 19.2 Å². The highest BCUT2D eigenvalue weighted by Gasteiger charge is 2.34. The van der Waals surface area contributed by atoms with Crippen molar-refractivity contribution >= 4 is 11.9 Å². The number of rotatable bonds is 8. The third-order valence-electron chi connectivity index (χ3n) is 6.77. The van der Waals surface area contributed by atoms with Crippen LogP contribution in [0.3, 0.4) is 0 Å². The summed E-state index contributed by atoms with van der Waals surface area (Å²) in [7, 11) is 1.47. The molecule has 0 radical (unpaired) electrons. The van der Waals surface area contributed by atoms with E-state index in [2.05, 4.69) is 57.2 Å². The molecule has 0 aromatic heterocycles. The van der Waals surface area contributed by atoms with E-state index in [1.807, 2.05) is 6.07 Å². The van der Waals surface area contributed by atoms with Crippen LogP contribution in [0.2, 0.25) is 0 Å². The van der Waals surface area contributed by atoms with Crippen LogP contribution in [0.1, 0.15) is 61.3 Å². The predicted octanol–water partition coefficient (Wildman–Crippen LogP) is 5.23. The molecule has 0 fully saturated rings. The van der Waals surface area contributed by atoms with Crippen LogP contribution in [0.4, 0.5) is 0 Å². The molecule has 4 rings (SSSR count). The zero-order valence-corrected chi connectivity index (χ0v) is 19.5. The van der Waals surface area contributed by atoms with Crippen molar-refractivity contribution in [3.05, 3.63) is 64.7 Å². The van der Waals surface area contributed by atoms with E-state index in [1.54, 1.807) is 0 Å². The van der Waals surface area contributed by atoms with Gasteiger partial charge in [0.25, 0.3) is 0 Å². The Bertz CT molecular complexity index is 982. The minimum absolute atomic E-state index is 0.0416. The van der Waals surface area contributed by atoms with Gasteiger partial charge in [0.05, 0.1) is 25.7 Å². The first-order chi connectivity index (χ1) is 15.5. The summed E-state index contributed by atoms with van der Waals surface area (Å²) in [4.78, 5) is 17.0. The van der Waals surface area contributed by atoms with E-state index < -0.39 is 0 Å². The molecular formula is C27H33NO4. The molecule has 0 saturated carbocycles. The minimum atomic E-state index is -0.107. The van der Waals surface area contributed by atoms with Gasteiger partial charge < -0.3 is 14.2 Å². The number of aryl methyl sites for hydroxylation is 2. The van der Waals surface area contributed by atoms with Gasteiger partial charge in [-0.3, -0.25) is 4.79 Å². The molecule has 2 aromatic carbocycles. The van der Waals surface area contributed by atoms with Gasteiger partial charge in [-0.25, -0.2) is 4.99 Å². The Balaban J connectivity index is 1.35. The van der Waals surface area contributed by atoms with Gasteiger partial charge in [-0.05, 0) is 74.4 Å². The maximum atomic E-state index is 12.2. The zero-order chi connectivity index (χ0) is 22.7. The SMILES string of the molecule is CCC(C(=O)OC)C1CCc2cc(OCCC3N=C(c4ccc(C)cc4)OC3C)ccc21. The maximum absolute atomic E-state index is 12.2. The van der Waals surface area contributed by atoms with Crippen molar-refractivity contribution < 1.29 is 19.0 Å². The van der Waals surface area contributed by atoms with Gasteiger partial charge in [-0.15, -0.1) is 0 Å². The van der Waals surface area contributed by atoms with Crippen LogP contribution in [0.15, 0.2) is 47.5 Å². The van der Waals surface area contributed by atoms with Gasteiger partial charge in [0, 0.05) is 12.0 Å². The molecule has 1 aliphatic carbocycles. The number of hydrogen-bond acceptors (Lipinski definition) is 5. The number of carbonyl (C=O) groups excluding carboxylic acids is 1. The highest BCUT2D eigenvalue weighted by molar-refractivity contribution is 5.95. The number of nitrogens with zero attached hydrogens (tertiary/aromatic N) is 1. The van der Waals surface area contributed by atoms with Crippen molar-refractivity contribution in [2.24, 2.45) is 10.9 Å². The van der Waals surface area contributed by atoms with Crippen molar-refractivity contribution in [1.82, 2.24) is 0 Å². The number of ether oxygens (including phenoxy) is 3. The molecular weight excluding hydrogens is 402 g/mol. The third kappa shape index (κ3) is 4.67. The molecule has 5 heteroatoms. The average molecular weight is 436 g/mol. The first-order valence-electron chi connectivity index (χ1n) is 11.6. The Morgan fingerprint density at radius 1 is 1.22 bits per heavy atom. The van der Waals surface area contributed by atoms with Crippen molar-refractivity contribution in [3.8, 4) is 5.75 Å². The molecule has 4 unspecified atom stereocenters. The molecule has 0 saturated heterocycles. The predicted molar refractivity (Wildman–Crippen MR) is 125 cm³/mol. The molecule has 0 spiro atoms. The second-order valence-electron chi connectivity index (χ2n) is 8.87. The number of esters is 1. The molecule has 32 heavy (non-hydrogen) atoms. The zero-order valence-electron chi connectivity index (χ0n) is 19.5. The molecule has 0 N–H and O–H groups in total. The van der Waals surface area contributed by atoms with E-state index in [0.717, 1.165) is 42.9 Å². The summed E-state index contributed by atoms with van der Waals surface area (Å²) in [5.74, 6) is 1.66. The first-order valence-corrected chi connectivity index (χ1v) is 11.6. The fraction of sp³-hybridized carbons (Fsp3) is 0.481. The summed E-state index contributed by atoms with van der Waals surface area (Å²) in [5, 5.41) is 0. The lowest BCUT2D eigenvalue weighted by Crippen LogP contribution is -2.22. The van der Waals surface area contributed by atoms with E-state index >= 15 is 0 Å². The third-order valence-corrected chi connectivity index (χ3v) is 6.77. The number of hydrogen-bond donors (Lipinski definition) is 0. The Morgan fingerprint density at radius 3 is 2.72 bits per heavy atom. The van der Waals surface area contributed by atoms with Crippen molar-refractivity contribution in [2.75, 3.05) is 13.7 Å². The van der Waals surface area contributed by atoms with Gasteiger partial charge >= 0.3 is 5.97 Å². The first kappa shape index (κ1) is 22.4. The van der Waals surface area contributed by atoms with Crippen LogP contribution < -0.4 is 4.74 Å². The highest BCUT2D eigenvalue weighted by Crippen LogP contribution is 2.41. The van der Waals surface area contributed by atoms with Crippen LogP contribution in [-0.2, 0) is 20.7 Å². The van der Waals surface area contributed by atoms with Gasteiger partial charge in [-0.2, -0.15) is 0 Å². The standard InChI is InChI=1S/C27H33NO4/c1-5-22(27(29)30-4)24-12-10-20-16-21(11-13-23(20)24)31-15-14-25-18(3)32-26(28-25)19-8-6-17(2)7-9-19/h6-9,11,13,16,18,22,24-25H,5,10,12,14-15H2,1-4H3. The Morgan fingerprint density at radius 2 is 2.00 bits per heavy atom. The average Bonchev–Trinajstić information content (AvgIpc) is 3.38. The van der Waals surface area contributed by atoms with Crippen LogP contribution in [0.25, 0.3) is 0 Å². The van der Waals surface area contributed by atoms with Gasteiger partial charge in [0.15, 0.2) is 0 Å². The van der Waals surface area contributed by atoms with Crippen molar-refractivity contribution in [2.45, 2.75) is 64.5 Å². The second kappa shape index (κ2) is 9.76. The Hall–Kier alpha value is -2.82. The van der Waals surface area contributed by atoms with E-state index in [0.29, 0.717) is 6.61 Å². The van der Waals surface area contributed by atoms with Gasteiger partial charge in [0.2, 0.25) is 5.90 Å². The Kier molecular flexibility index (Phi) is 6.83. The van der Waals surface area contributed by atoms with Crippen LogP contribution in [-0.4, -0.2) is 37.7 Å². The quantitative estimate of drug-likeness (QED) is 0.533. The fourth-order valence-corrected chi connectivity index (χ4v) is 4.88. The summed E-state index contributed by atoms with van der Waals surface area (Å²) in [6, 6.07) is 14.6. The fourth-order valence-electron chi connectivity index (χ4n) is 4.88. The van der Waals surface area contributed by atoms with E-state index in [-0.39, 0.29) is 30.0 Å². The van der Waals surface area contributed by atoms with Crippen LogP contribution in [0, 0.1) is 12.8 Å². The number of aliphatic imine (C=N–C) groups is 1. The normalized spacial score (nSPS) is 22.6. The van der Waals surface area contributed by atoms with Gasteiger partial charge in [-0.1, -0.05) is 30.7 Å². The molecule has 0 bridgehead atoms. The van der Waals surface area contributed by atoms with Gasteiger partial charge in [0.1, 0.15) is 11.9 Å². The van der Waals surface area contributed by atoms with Crippen LogP contribution >= 0.6 is 0 Å². The smallest absolute Gasteiger partial charge is 0.309 e. The summed E-state index contributed by atoms with van der Waals surface area (Å²) < 4.78 is 17.1. The lowest BCUT2D eigenvalue weighted by Gasteiger charge is -2.21. The van der Waals surface area contributed by atoms with E-state index in [1.165, 1.54) is 23.8 Å². The molecule has 1 aliphatic heterocycles. The largest absolute Gasteiger partial charge is 0.494 e. The number of carbonyl (C=O) groups is 1. The summed E-state index contributed by atoms with van der Waals surface area (Å²) in [6.07, 6.45) is 3.60. The molecule has 1 heterocycles. The lowest BCUT2D eigenvalue weighted by atomic mass is 9.85. The van der Waals surface area contributed by atoms with Crippen molar-refractivity contribution in [3.63, 3.8) is 0 Å². The van der Waals surface area contributed by atoms with E-state index in [9.17, 15) is 4.79 Å². The molecule has 5 nitrogen and oxygen atoms in total. The number of methoxy groups -OCH3 is 1. The molecule has 2 aromatic rings. The summed E-state index contributed by atoms with van der Waals surface area (Å²) in [6.45, 7) is 6.78. The minimum Gasteiger partial charge on any atom is -0.494 e. The highest BCUT2D eigenvalue weighted by atomic mass is 16.5. The number of fused-ring (bicyclic) bond motifs is 1. The topological polar surface area (TPSA) is 57.1 Å². The number of benzene rings is 2. The molecule has 170 valence electrons. The van der Waals surface area contributed by atoms with Crippen LogP contribution in [0.5, 0.6) is 5.75 Å². The maximum Gasteiger partial charge on any atom is 0.309 e. The summed E-state index contributed by atoms with van der Waals surface area (Å²) >= 11 is 0. The lowest BCUT2D eigenvalue weighted by molar-refractivity contribution is -0.146. The molecule has 2 aliphatic rings. The summed E-state index contributed by atoms with van der Waals surface area (Å²) in [5.41, 5.74) is 4.80. The molecule has 0 amide bonds. The monoisotopic (exact) mass is 435 g/mol. The molecule has 4 atom stereocenters. The second-order valence-corrected chi connectivity index (χ2v) is 8.87. The Labute approximate surface area is 190 Å².